The second-order valence-electron chi connectivity index (χ2n) is 6.00. The van der Waals surface area contributed by atoms with Crippen molar-refractivity contribution in [1.82, 2.24) is 14.7 Å². The number of nitrogens with zero attached hydrogens (tertiary/aromatic N) is 3. The van der Waals surface area contributed by atoms with Gasteiger partial charge in [-0.3, -0.25) is 4.79 Å². The van der Waals surface area contributed by atoms with E-state index in [-0.39, 0.29) is 11.4 Å². The number of likely N-dealkylation sites (tertiary alicyclic amines) is 1. The quantitative estimate of drug-likeness (QED) is 0.764. The van der Waals surface area contributed by atoms with E-state index in [0.717, 1.165) is 13.0 Å². The SMILES string of the molecule is O=c1ccc(OCCCN2CCCCC2)nn1-c1ccc(F)cc1. The van der Waals surface area contributed by atoms with Crippen LogP contribution in [0.25, 0.3) is 5.69 Å². The monoisotopic (exact) mass is 331 g/mol. The van der Waals surface area contributed by atoms with Crippen LogP contribution in [-0.4, -0.2) is 40.9 Å². The number of aromatic nitrogens is 2. The predicted octanol–water partition coefficient (Wildman–Crippen LogP) is 2.63. The van der Waals surface area contributed by atoms with E-state index in [2.05, 4.69) is 10.00 Å². The molecule has 1 saturated heterocycles. The number of piperidine rings is 1. The molecule has 0 saturated carbocycles. The van der Waals surface area contributed by atoms with Gasteiger partial charge in [0.1, 0.15) is 5.82 Å². The molecule has 0 atom stereocenters. The molecule has 0 amide bonds. The molecule has 1 aromatic carbocycles. The number of hydrogen-bond donors (Lipinski definition) is 0. The van der Waals surface area contributed by atoms with Crippen molar-refractivity contribution in [2.45, 2.75) is 25.7 Å². The van der Waals surface area contributed by atoms with E-state index < -0.39 is 0 Å². The van der Waals surface area contributed by atoms with Crippen LogP contribution >= 0.6 is 0 Å². The van der Waals surface area contributed by atoms with Crippen molar-refractivity contribution in [3.8, 4) is 11.6 Å². The first-order chi connectivity index (χ1) is 11.7. The zero-order chi connectivity index (χ0) is 16.8. The fourth-order valence-corrected chi connectivity index (χ4v) is 2.89. The molecule has 2 heterocycles. The summed E-state index contributed by atoms with van der Waals surface area (Å²) < 4.78 is 19.9. The summed E-state index contributed by atoms with van der Waals surface area (Å²) in [5.41, 5.74) is 0.238. The molecule has 5 nitrogen and oxygen atoms in total. The van der Waals surface area contributed by atoms with Crippen molar-refractivity contribution in [3.05, 3.63) is 52.6 Å². The molecule has 0 unspecified atom stereocenters. The van der Waals surface area contributed by atoms with Gasteiger partial charge in [0.2, 0.25) is 5.88 Å². The van der Waals surface area contributed by atoms with Crippen LogP contribution in [0.3, 0.4) is 0 Å². The van der Waals surface area contributed by atoms with Crippen molar-refractivity contribution in [2.75, 3.05) is 26.2 Å². The third kappa shape index (κ3) is 4.41. The highest BCUT2D eigenvalue weighted by molar-refractivity contribution is 5.31. The molecule has 0 radical (unpaired) electrons. The Bertz CT molecular complexity index is 709. The molecule has 24 heavy (non-hydrogen) atoms. The lowest BCUT2D eigenvalue weighted by molar-refractivity contribution is 0.202. The van der Waals surface area contributed by atoms with E-state index in [1.54, 1.807) is 6.07 Å². The van der Waals surface area contributed by atoms with E-state index in [1.165, 1.54) is 67.4 Å². The molecule has 0 spiro atoms. The number of hydrogen-bond acceptors (Lipinski definition) is 4. The first-order valence-corrected chi connectivity index (χ1v) is 8.44. The number of ether oxygens (including phenoxy) is 1. The fourth-order valence-electron chi connectivity index (χ4n) is 2.89. The average molecular weight is 331 g/mol. The number of halogens is 1. The molecule has 0 N–H and O–H groups in total. The van der Waals surface area contributed by atoms with Crippen molar-refractivity contribution in [1.29, 1.82) is 0 Å². The second-order valence-corrected chi connectivity index (χ2v) is 6.00. The van der Waals surface area contributed by atoms with E-state index in [0.29, 0.717) is 18.2 Å². The largest absolute Gasteiger partial charge is 0.477 e. The summed E-state index contributed by atoms with van der Waals surface area (Å²) in [5.74, 6) is 0.0504. The van der Waals surface area contributed by atoms with Crippen LogP contribution in [-0.2, 0) is 0 Å². The standard InChI is InChI=1S/C18H22FN3O2/c19-15-5-7-16(8-6-15)22-18(23)10-9-17(20-22)24-14-4-13-21-11-2-1-3-12-21/h5-10H,1-4,11-14H2. The summed E-state index contributed by atoms with van der Waals surface area (Å²) in [6, 6.07) is 8.62. The third-order valence-electron chi connectivity index (χ3n) is 4.16. The maximum atomic E-state index is 13.0. The highest BCUT2D eigenvalue weighted by atomic mass is 19.1. The lowest BCUT2D eigenvalue weighted by Crippen LogP contribution is -2.31. The van der Waals surface area contributed by atoms with Gasteiger partial charge in [-0.1, -0.05) is 6.42 Å². The van der Waals surface area contributed by atoms with Gasteiger partial charge in [0.15, 0.2) is 0 Å². The van der Waals surface area contributed by atoms with Gasteiger partial charge >= 0.3 is 0 Å². The summed E-state index contributed by atoms with van der Waals surface area (Å²) in [4.78, 5) is 14.4. The van der Waals surface area contributed by atoms with E-state index in [9.17, 15) is 9.18 Å². The van der Waals surface area contributed by atoms with Gasteiger partial charge < -0.3 is 9.64 Å². The Morgan fingerprint density at radius 2 is 1.79 bits per heavy atom. The Labute approximate surface area is 140 Å². The lowest BCUT2D eigenvalue weighted by Gasteiger charge is -2.26. The molecule has 1 aliphatic heterocycles. The zero-order valence-corrected chi connectivity index (χ0v) is 13.7. The Morgan fingerprint density at radius 1 is 1.04 bits per heavy atom. The molecular weight excluding hydrogens is 309 g/mol. The van der Waals surface area contributed by atoms with Gasteiger partial charge in [0, 0.05) is 18.7 Å². The average Bonchev–Trinajstić information content (AvgIpc) is 2.62. The topological polar surface area (TPSA) is 47.4 Å². The van der Waals surface area contributed by atoms with E-state index in [1.807, 2.05) is 0 Å². The molecule has 6 heteroatoms. The molecule has 1 aromatic heterocycles. The van der Waals surface area contributed by atoms with Crippen molar-refractivity contribution in [3.63, 3.8) is 0 Å². The summed E-state index contributed by atoms with van der Waals surface area (Å²) in [6.07, 6.45) is 4.83. The fraction of sp³-hybridized carbons (Fsp3) is 0.444. The Kier molecular flexibility index (Phi) is 5.59. The maximum absolute atomic E-state index is 13.0. The molecule has 128 valence electrons. The Morgan fingerprint density at radius 3 is 2.54 bits per heavy atom. The molecule has 0 bridgehead atoms. The molecule has 3 rings (SSSR count). The number of benzene rings is 1. The van der Waals surface area contributed by atoms with Gasteiger partial charge in [0.05, 0.1) is 12.3 Å². The second kappa shape index (κ2) is 8.06. The van der Waals surface area contributed by atoms with Gasteiger partial charge in [-0.2, -0.15) is 4.68 Å². The first-order valence-electron chi connectivity index (χ1n) is 8.44. The molecule has 2 aromatic rings. The zero-order valence-electron chi connectivity index (χ0n) is 13.7. The lowest BCUT2D eigenvalue weighted by atomic mass is 10.1. The van der Waals surface area contributed by atoms with Gasteiger partial charge in [-0.05, 0) is 56.6 Å². The third-order valence-corrected chi connectivity index (χ3v) is 4.16. The summed E-state index contributed by atoms with van der Waals surface area (Å²) >= 11 is 0. The predicted molar refractivity (Wildman–Crippen MR) is 90.2 cm³/mol. The van der Waals surface area contributed by atoms with Crippen molar-refractivity contribution < 1.29 is 9.13 Å². The van der Waals surface area contributed by atoms with Crippen LogP contribution in [0.15, 0.2) is 41.2 Å². The highest BCUT2D eigenvalue weighted by Crippen LogP contribution is 2.11. The molecule has 1 fully saturated rings. The maximum Gasteiger partial charge on any atom is 0.271 e. The van der Waals surface area contributed by atoms with Crippen LogP contribution in [0.5, 0.6) is 5.88 Å². The van der Waals surface area contributed by atoms with Crippen LogP contribution in [0.4, 0.5) is 4.39 Å². The summed E-state index contributed by atoms with van der Waals surface area (Å²) in [6.45, 7) is 3.93. The Balaban J connectivity index is 1.57. The van der Waals surface area contributed by atoms with E-state index in [4.69, 9.17) is 4.74 Å². The minimum atomic E-state index is -0.350. The minimum absolute atomic E-state index is 0.276. The first kappa shape index (κ1) is 16.6. The van der Waals surface area contributed by atoms with Crippen molar-refractivity contribution >= 4 is 0 Å². The minimum Gasteiger partial charge on any atom is -0.477 e. The van der Waals surface area contributed by atoms with Crippen molar-refractivity contribution in [2.24, 2.45) is 0 Å². The number of rotatable bonds is 6. The van der Waals surface area contributed by atoms with Gasteiger partial charge in [0.25, 0.3) is 5.56 Å². The molecule has 0 aliphatic carbocycles. The normalized spacial score (nSPS) is 15.4. The summed E-state index contributed by atoms with van der Waals surface area (Å²) in [5, 5.41) is 4.20. The highest BCUT2D eigenvalue weighted by Gasteiger charge is 2.09. The Hall–Kier alpha value is -2.21. The van der Waals surface area contributed by atoms with Crippen LogP contribution in [0.1, 0.15) is 25.7 Å². The van der Waals surface area contributed by atoms with Gasteiger partial charge in [-0.25, -0.2) is 4.39 Å². The van der Waals surface area contributed by atoms with Crippen LogP contribution in [0.2, 0.25) is 0 Å². The van der Waals surface area contributed by atoms with E-state index >= 15 is 0 Å². The van der Waals surface area contributed by atoms with Crippen LogP contribution in [0, 0.1) is 5.82 Å². The van der Waals surface area contributed by atoms with Gasteiger partial charge in [-0.15, -0.1) is 5.10 Å². The summed E-state index contributed by atoms with van der Waals surface area (Å²) in [7, 11) is 0. The molecular formula is C18H22FN3O2. The molecule has 1 aliphatic rings. The smallest absolute Gasteiger partial charge is 0.271 e. The van der Waals surface area contributed by atoms with Crippen LogP contribution < -0.4 is 10.3 Å².